The zero-order valence-electron chi connectivity index (χ0n) is 72.1. The zero-order valence-corrected chi connectivity index (χ0v) is 73.6. The van der Waals surface area contributed by atoms with Gasteiger partial charge in [-0.2, -0.15) is 0 Å². The van der Waals surface area contributed by atoms with E-state index in [9.17, 15) is 76.7 Å². The summed E-state index contributed by atoms with van der Waals surface area (Å²) in [4.78, 5) is 268. The van der Waals surface area contributed by atoms with Crippen molar-refractivity contribution in [2.24, 2.45) is 0 Å². The van der Waals surface area contributed by atoms with Gasteiger partial charge in [0.25, 0.3) is 23.6 Å². The lowest BCUT2D eigenvalue weighted by molar-refractivity contribution is -0.165. The fourth-order valence-corrected chi connectivity index (χ4v) is 12.7. The Morgan fingerprint density at radius 1 is 0.254 bits per heavy atom. The third-order valence-electron chi connectivity index (χ3n) is 18.6. The molecule has 5 aromatic rings. The standard InChI is InChI=1S/C90H92Cl2N2O36/c1-43(2)83(107)119-35-53(36-120-84(108)44(3)4)127-69(99)25-21-65(95)115-31-51(32-116-66(96)22-26-70(100)128-54(37-121-85(109)45(5)6)38-122-86(110)46(7)8)93-79(103)59-19-17-57-76-64(92)30-62-74-60(20-18-58(78(74)76)75-63(91)29-61(81(93)105)73(59)77(57)75)80(104)94(82(62)106)52(33-117-67(97)23-27-71(101)129-55(39-123-87(111)47(9)10)40-124-88(112)48(11)12)34-118-68(98)24-28-72(102)130-56(41-125-89(113)49(13)14)42-126-90(114)50(15)16/h17-20,29-30,51-56H,1,3,5,7,9,11,13,15,21-28,31-42H2,2,4,6,8,10,12,14,16H3. The van der Waals surface area contributed by atoms with Crippen LogP contribution < -0.4 is 0 Å². The summed E-state index contributed by atoms with van der Waals surface area (Å²) in [6.45, 7) is 29.7. The molecule has 2 heterocycles. The number of hydrogen-bond acceptors (Lipinski definition) is 36. The molecule has 38 nitrogen and oxygen atoms in total. The first-order valence-corrected chi connectivity index (χ1v) is 40.3. The minimum atomic E-state index is -1.76. The van der Waals surface area contributed by atoms with Gasteiger partial charge in [-0.1, -0.05) is 88.0 Å². The van der Waals surface area contributed by atoms with E-state index in [0.29, 0.717) is 9.80 Å². The lowest BCUT2D eigenvalue weighted by Crippen LogP contribution is -2.51. The van der Waals surface area contributed by atoms with Crippen LogP contribution in [0.4, 0.5) is 0 Å². The Hall–Kier alpha value is -14.3. The summed E-state index contributed by atoms with van der Waals surface area (Å²) < 4.78 is 84.4. The van der Waals surface area contributed by atoms with Gasteiger partial charge in [0, 0.05) is 98.1 Å². The second kappa shape index (κ2) is 47.0. The first-order valence-electron chi connectivity index (χ1n) is 39.6. The highest BCUT2D eigenvalue weighted by Gasteiger charge is 2.44. The van der Waals surface area contributed by atoms with Gasteiger partial charge in [-0.05, 0) is 90.4 Å². The lowest BCUT2D eigenvalue weighted by atomic mass is 9.82. The summed E-state index contributed by atoms with van der Waals surface area (Å²) in [5.74, 6) is -20.6. The summed E-state index contributed by atoms with van der Waals surface area (Å²) in [5.41, 5.74) is -1.18. The molecular weight excluding hydrogens is 1760 g/mol. The van der Waals surface area contributed by atoms with E-state index in [1.165, 1.54) is 91.8 Å². The maximum absolute atomic E-state index is 15.4. The Morgan fingerprint density at radius 2 is 0.438 bits per heavy atom. The van der Waals surface area contributed by atoms with Crippen LogP contribution in [0.15, 0.2) is 134 Å². The van der Waals surface area contributed by atoms with Gasteiger partial charge < -0.3 is 75.8 Å². The molecule has 0 radical (unpaired) electrons. The van der Waals surface area contributed by atoms with E-state index >= 15 is 19.2 Å². The molecule has 2 aliphatic rings. The molecule has 0 aromatic heterocycles. The number of esters is 16. The molecule has 5 aromatic carbocycles. The number of nitrogens with zero attached hydrogens (tertiary/aromatic N) is 2. The Bertz CT molecular complexity index is 4920. The van der Waals surface area contributed by atoms with Crippen molar-refractivity contribution in [3.05, 3.63) is 166 Å². The summed E-state index contributed by atoms with van der Waals surface area (Å²) in [7, 11) is 0. The molecular formula is C90H92Cl2N2O36. The second-order valence-corrected chi connectivity index (χ2v) is 30.7. The zero-order chi connectivity index (χ0) is 96.6. The molecule has 130 heavy (non-hydrogen) atoms. The minimum absolute atomic E-state index is 0.0236. The monoisotopic (exact) mass is 1850 g/mol. The van der Waals surface area contributed by atoms with E-state index in [0.717, 1.165) is 0 Å². The molecule has 40 heteroatoms. The van der Waals surface area contributed by atoms with Crippen LogP contribution in [-0.2, 0) is 153 Å². The molecule has 0 N–H and O–H groups in total. The van der Waals surface area contributed by atoms with E-state index in [-0.39, 0.29) is 120 Å². The van der Waals surface area contributed by atoms with Crippen LogP contribution >= 0.6 is 23.2 Å². The quantitative estimate of drug-likeness (QED) is 0.00875. The summed E-state index contributed by atoms with van der Waals surface area (Å²) in [6, 6.07) is 4.26. The number of carbonyl (C=O) groups is 20. The van der Waals surface area contributed by atoms with Crippen molar-refractivity contribution in [1.82, 2.24) is 9.80 Å². The molecule has 0 saturated carbocycles. The number of fused-ring (bicyclic) bond motifs is 2. The number of halogens is 2. The predicted molar refractivity (Wildman–Crippen MR) is 453 cm³/mol. The number of rotatable bonds is 50. The average Bonchev–Trinajstić information content (AvgIpc) is 0.680. The first kappa shape index (κ1) is 103. The van der Waals surface area contributed by atoms with Gasteiger partial charge in [0.1, 0.15) is 91.4 Å². The molecule has 0 unspecified atom stereocenters. The molecule has 4 amide bonds. The highest BCUT2D eigenvalue weighted by molar-refractivity contribution is 6.50. The van der Waals surface area contributed by atoms with Crippen molar-refractivity contribution in [2.45, 2.75) is 143 Å². The third-order valence-corrected chi connectivity index (χ3v) is 19.2. The molecule has 0 fully saturated rings. The molecule has 0 atom stereocenters. The van der Waals surface area contributed by atoms with Crippen molar-refractivity contribution in [3.8, 4) is 0 Å². The van der Waals surface area contributed by atoms with Crippen molar-refractivity contribution >= 4 is 185 Å². The molecule has 7 rings (SSSR count). The van der Waals surface area contributed by atoms with Gasteiger partial charge in [0.2, 0.25) is 0 Å². The van der Waals surface area contributed by atoms with Crippen LogP contribution in [0.25, 0.3) is 43.1 Å². The molecule has 2 aliphatic heterocycles. The maximum atomic E-state index is 15.4. The SMILES string of the molecule is C=C(C)C(=O)OCC(COC(=O)C(=C)C)OC(=O)CCC(=O)OCC(COC(=O)CCC(=O)OC(COC(=O)C(=C)C)COC(=O)C(=C)C)N1C(=O)c2ccc3c4c(Cl)cc5c6c(ccc(c7c(Cl)cc(c2c37)C1=O)c64)C(=O)N(C(COC(=O)CCC(=O)OC(COC(=O)C(=C)C)COC(=O)C(=C)C)COC(=O)CCC(=O)OC(COC(=O)C(=C)C)COC(=O)C(=C)C)C5=O. The third kappa shape index (κ3) is 27.9. The van der Waals surface area contributed by atoms with Crippen molar-refractivity contribution in [2.75, 3.05) is 79.3 Å². The van der Waals surface area contributed by atoms with Gasteiger partial charge in [-0.15, -0.1) is 0 Å². The van der Waals surface area contributed by atoms with E-state index < -0.39 is 286 Å². The van der Waals surface area contributed by atoms with Crippen molar-refractivity contribution in [3.63, 3.8) is 0 Å². The van der Waals surface area contributed by atoms with Gasteiger partial charge in [0.05, 0.1) is 62.5 Å². The van der Waals surface area contributed by atoms with Gasteiger partial charge in [-0.3, -0.25) is 67.3 Å². The summed E-state index contributed by atoms with van der Waals surface area (Å²) >= 11 is 14.6. The van der Waals surface area contributed by atoms with Crippen LogP contribution in [-0.4, -0.2) is 245 Å². The number of benzene rings is 5. The summed E-state index contributed by atoms with van der Waals surface area (Å²) in [6.07, 6.45) is -11.6. The molecule has 0 saturated heterocycles. The van der Waals surface area contributed by atoms with Crippen LogP contribution in [0, 0.1) is 0 Å². The topological polar surface area (TPSA) is 496 Å². The maximum Gasteiger partial charge on any atom is 0.333 e. The number of hydrogen-bond donors (Lipinski definition) is 0. The molecule has 0 bridgehead atoms. The first-order chi connectivity index (χ1) is 61.2. The van der Waals surface area contributed by atoms with Gasteiger partial charge >= 0.3 is 95.5 Å². The van der Waals surface area contributed by atoms with E-state index in [2.05, 4.69) is 52.6 Å². The Kier molecular flexibility index (Phi) is 37.1. The van der Waals surface area contributed by atoms with Crippen LogP contribution in [0.2, 0.25) is 10.0 Å². The van der Waals surface area contributed by atoms with E-state index in [1.807, 2.05) is 0 Å². The van der Waals surface area contributed by atoms with Crippen molar-refractivity contribution < 1.29 is 172 Å². The highest BCUT2D eigenvalue weighted by atomic mass is 35.5. The minimum Gasteiger partial charge on any atom is -0.463 e. The number of carbonyl (C=O) groups excluding carboxylic acids is 20. The fourth-order valence-electron chi connectivity index (χ4n) is 12.1. The Balaban J connectivity index is 1.21. The number of imide groups is 2. The fraction of sp³-hybridized carbons (Fsp3) is 0.378. The largest absolute Gasteiger partial charge is 0.463 e. The lowest BCUT2D eigenvalue weighted by Gasteiger charge is -2.35. The van der Waals surface area contributed by atoms with Gasteiger partial charge in [0.15, 0.2) is 24.4 Å². The van der Waals surface area contributed by atoms with Crippen LogP contribution in [0.3, 0.4) is 0 Å². The molecule has 0 spiro atoms. The molecule has 0 aliphatic carbocycles. The van der Waals surface area contributed by atoms with E-state index in [4.69, 9.17) is 99.0 Å². The summed E-state index contributed by atoms with van der Waals surface area (Å²) in [5, 5.41) is 0.396. The second-order valence-electron chi connectivity index (χ2n) is 29.9. The average molecular weight is 1850 g/mol. The highest BCUT2D eigenvalue weighted by Crippen LogP contribution is 2.51. The van der Waals surface area contributed by atoms with Crippen molar-refractivity contribution in [1.29, 1.82) is 0 Å². The smallest absolute Gasteiger partial charge is 0.333 e. The molecule has 692 valence electrons. The number of ether oxygens (including phenoxy) is 16. The van der Waals surface area contributed by atoms with Crippen LogP contribution in [0.1, 0.15) is 148 Å². The number of amides is 4. The Labute approximate surface area is 751 Å². The normalized spacial score (nSPS) is 12.0. The van der Waals surface area contributed by atoms with E-state index in [1.54, 1.807) is 0 Å². The Morgan fingerprint density at radius 3 is 0.631 bits per heavy atom. The van der Waals surface area contributed by atoms with Crippen LogP contribution in [0.5, 0.6) is 0 Å². The van der Waals surface area contributed by atoms with Gasteiger partial charge in [-0.25, -0.2) is 38.4 Å². The predicted octanol–water partition coefficient (Wildman–Crippen LogP) is 8.87.